The van der Waals surface area contributed by atoms with Gasteiger partial charge in [0.1, 0.15) is 0 Å². The first-order valence-electron chi connectivity index (χ1n) is 16.8. The molecule has 0 saturated heterocycles. The van der Waals surface area contributed by atoms with E-state index in [0.29, 0.717) is 0 Å². The van der Waals surface area contributed by atoms with Gasteiger partial charge in [-0.05, 0) is 113 Å². The predicted molar refractivity (Wildman–Crippen MR) is 203 cm³/mol. The number of fused-ring (bicyclic) bond motifs is 6. The molecule has 1 aromatic heterocycles. The molecule has 0 amide bonds. The van der Waals surface area contributed by atoms with Crippen LogP contribution in [0, 0.1) is 6.92 Å². The van der Waals surface area contributed by atoms with E-state index in [1.54, 1.807) is 0 Å². The van der Waals surface area contributed by atoms with Crippen LogP contribution in [-0.4, -0.2) is 4.57 Å². The standard InChI is InChI=1S/C46H36N2/c1-31-18-26-44-40(28-31)41-30-37(24-27-45(41)48(44)35-14-8-5-9-15-35)47(34-12-6-4-7-13-34)36-22-19-32(20-23-36)33-21-25-39-38-16-10-11-17-42(38)46(2,3)43(39)29-33/h4-30H,1-3H3. The number of para-hydroxylation sites is 2. The molecule has 0 radical (unpaired) electrons. The lowest BCUT2D eigenvalue weighted by molar-refractivity contribution is 0.660. The number of benzene rings is 7. The summed E-state index contributed by atoms with van der Waals surface area (Å²) in [5.74, 6) is 0. The number of aromatic nitrogens is 1. The number of rotatable bonds is 5. The van der Waals surface area contributed by atoms with Crippen LogP contribution >= 0.6 is 0 Å². The van der Waals surface area contributed by atoms with Gasteiger partial charge in [-0.1, -0.05) is 110 Å². The van der Waals surface area contributed by atoms with Gasteiger partial charge in [-0.25, -0.2) is 0 Å². The molecule has 0 spiro atoms. The van der Waals surface area contributed by atoms with E-state index in [0.717, 1.165) is 17.1 Å². The Balaban J connectivity index is 1.15. The molecule has 9 rings (SSSR count). The number of nitrogens with zero attached hydrogens (tertiary/aromatic N) is 2. The summed E-state index contributed by atoms with van der Waals surface area (Å²) in [6.45, 7) is 6.86. The van der Waals surface area contributed by atoms with Crippen LogP contribution in [0.4, 0.5) is 17.1 Å². The van der Waals surface area contributed by atoms with Gasteiger partial charge in [-0.3, -0.25) is 0 Å². The van der Waals surface area contributed by atoms with Crippen LogP contribution in [0.2, 0.25) is 0 Å². The lowest BCUT2D eigenvalue weighted by Crippen LogP contribution is -2.14. The van der Waals surface area contributed by atoms with Gasteiger partial charge in [0.05, 0.1) is 11.0 Å². The Morgan fingerprint density at radius 1 is 0.458 bits per heavy atom. The maximum atomic E-state index is 2.40. The molecule has 8 aromatic rings. The Bertz CT molecular complexity index is 2470. The molecule has 0 atom stereocenters. The molecule has 2 heteroatoms. The quantitative estimate of drug-likeness (QED) is 0.187. The summed E-state index contributed by atoms with van der Waals surface area (Å²) in [5, 5.41) is 2.51. The molecule has 230 valence electrons. The van der Waals surface area contributed by atoms with Gasteiger partial charge in [-0.15, -0.1) is 0 Å². The van der Waals surface area contributed by atoms with Gasteiger partial charge in [0.2, 0.25) is 0 Å². The minimum atomic E-state index is -0.0210. The van der Waals surface area contributed by atoms with E-state index < -0.39 is 0 Å². The third-order valence-corrected chi connectivity index (χ3v) is 10.2. The smallest absolute Gasteiger partial charge is 0.0542 e. The van der Waals surface area contributed by atoms with Gasteiger partial charge >= 0.3 is 0 Å². The number of aryl methyl sites for hydroxylation is 1. The molecule has 0 bridgehead atoms. The fraction of sp³-hybridized carbons (Fsp3) is 0.0870. The number of hydrogen-bond donors (Lipinski definition) is 0. The zero-order valence-electron chi connectivity index (χ0n) is 27.5. The lowest BCUT2D eigenvalue weighted by Gasteiger charge is -2.26. The lowest BCUT2D eigenvalue weighted by atomic mass is 9.81. The van der Waals surface area contributed by atoms with Crippen LogP contribution in [0.3, 0.4) is 0 Å². The van der Waals surface area contributed by atoms with Crippen molar-refractivity contribution < 1.29 is 0 Å². The molecular weight excluding hydrogens is 581 g/mol. The van der Waals surface area contributed by atoms with Gasteiger partial charge in [0.15, 0.2) is 0 Å². The third-order valence-electron chi connectivity index (χ3n) is 10.2. The maximum Gasteiger partial charge on any atom is 0.0542 e. The second-order valence-corrected chi connectivity index (χ2v) is 13.5. The van der Waals surface area contributed by atoms with E-state index >= 15 is 0 Å². The van der Waals surface area contributed by atoms with Crippen molar-refractivity contribution >= 4 is 38.9 Å². The fourth-order valence-corrected chi connectivity index (χ4v) is 7.83. The summed E-state index contributed by atoms with van der Waals surface area (Å²) in [6.07, 6.45) is 0. The Morgan fingerprint density at radius 2 is 1.04 bits per heavy atom. The highest BCUT2D eigenvalue weighted by Gasteiger charge is 2.35. The summed E-state index contributed by atoms with van der Waals surface area (Å²) in [5.41, 5.74) is 16.2. The minimum absolute atomic E-state index is 0.0210. The number of hydrogen-bond acceptors (Lipinski definition) is 1. The van der Waals surface area contributed by atoms with Crippen molar-refractivity contribution in [3.8, 4) is 27.9 Å². The van der Waals surface area contributed by atoms with Crippen molar-refractivity contribution in [2.45, 2.75) is 26.2 Å². The largest absolute Gasteiger partial charge is 0.310 e. The van der Waals surface area contributed by atoms with Crippen LogP contribution < -0.4 is 4.90 Å². The van der Waals surface area contributed by atoms with Crippen molar-refractivity contribution in [3.05, 3.63) is 180 Å². The van der Waals surface area contributed by atoms with Crippen LogP contribution in [0.1, 0.15) is 30.5 Å². The van der Waals surface area contributed by atoms with E-state index in [9.17, 15) is 0 Å². The Kier molecular flexibility index (Phi) is 6.42. The average Bonchev–Trinajstić information content (AvgIpc) is 3.57. The molecule has 0 unspecified atom stereocenters. The normalized spacial score (nSPS) is 13.1. The second-order valence-electron chi connectivity index (χ2n) is 13.5. The summed E-state index contributed by atoms with van der Waals surface area (Å²) < 4.78 is 2.38. The van der Waals surface area contributed by atoms with E-state index in [-0.39, 0.29) is 5.41 Å². The van der Waals surface area contributed by atoms with E-state index in [2.05, 4.69) is 194 Å². The maximum absolute atomic E-state index is 2.40. The van der Waals surface area contributed by atoms with E-state index in [4.69, 9.17) is 0 Å². The first-order valence-corrected chi connectivity index (χ1v) is 16.8. The van der Waals surface area contributed by atoms with Gasteiger partial charge < -0.3 is 9.47 Å². The molecule has 2 nitrogen and oxygen atoms in total. The molecule has 1 heterocycles. The number of anilines is 3. The molecule has 0 fully saturated rings. The van der Waals surface area contributed by atoms with Crippen molar-refractivity contribution in [1.29, 1.82) is 0 Å². The third kappa shape index (κ3) is 4.41. The monoisotopic (exact) mass is 616 g/mol. The fourth-order valence-electron chi connectivity index (χ4n) is 7.83. The molecule has 48 heavy (non-hydrogen) atoms. The highest BCUT2D eigenvalue weighted by Crippen LogP contribution is 2.49. The first-order chi connectivity index (χ1) is 23.5. The molecule has 0 saturated carbocycles. The minimum Gasteiger partial charge on any atom is -0.310 e. The van der Waals surface area contributed by atoms with Crippen LogP contribution in [-0.2, 0) is 5.41 Å². The van der Waals surface area contributed by atoms with Crippen LogP contribution in [0.5, 0.6) is 0 Å². The summed E-state index contributed by atoms with van der Waals surface area (Å²) in [4.78, 5) is 2.37. The van der Waals surface area contributed by atoms with Gasteiger partial charge in [0.25, 0.3) is 0 Å². The molecule has 7 aromatic carbocycles. The summed E-state index contributed by atoms with van der Waals surface area (Å²) in [7, 11) is 0. The molecular formula is C46H36N2. The van der Waals surface area contributed by atoms with Crippen LogP contribution in [0.15, 0.2) is 164 Å². The Labute approximate surface area is 282 Å². The predicted octanol–water partition coefficient (Wildman–Crippen LogP) is 12.5. The van der Waals surface area contributed by atoms with E-state index in [1.807, 2.05) is 0 Å². The van der Waals surface area contributed by atoms with Crippen molar-refractivity contribution in [1.82, 2.24) is 4.57 Å². The van der Waals surface area contributed by atoms with Crippen molar-refractivity contribution in [2.24, 2.45) is 0 Å². The molecule has 0 N–H and O–H groups in total. The first kappa shape index (κ1) is 28.4. The van der Waals surface area contributed by atoms with E-state index in [1.165, 1.54) is 66.4 Å². The second kappa shape index (κ2) is 10.9. The molecule has 1 aliphatic rings. The van der Waals surface area contributed by atoms with Crippen molar-refractivity contribution in [3.63, 3.8) is 0 Å². The SMILES string of the molecule is Cc1ccc2c(c1)c1cc(N(c3ccccc3)c3ccc(-c4ccc5c(c4)C(C)(C)c4ccccc4-5)cc3)ccc1n2-c1ccccc1. The zero-order chi connectivity index (χ0) is 32.4. The molecule has 0 aliphatic heterocycles. The van der Waals surface area contributed by atoms with Crippen LogP contribution in [0.25, 0.3) is 49.7 Å². The molecule has 1 aliphatic carbocycles. The van der Waals surface area contributed by atoms with Gasteiger partial charge in [0, 0.05) is 38.9 Å². The summed E-state index contributed by atoms with van der Waals surface area (Å²) >= 11 is 0. The summed E-state index contributed by atoms with van der Waals surface area (Å²) in [6, 6.07) is 59.9. The Morgan fingerprint density at radius 3 is 1.81 bits per heavy atom. The van der Waals surface area contributed by atoms with Gasteiger partial charge in [-0.2, -0.15) is 0 Å². The average molecular weight is 617 g/mol. The highest BCUT2D eigenvalue weighted by atomic mass is 15.1. The highest BCUT2D eigenvalue weighted by molar-refractivity contribution is 6.11. The Hall–Kier alpha value is -5.86. The topological polar surface area (TPSA) is 8.17 Å². The zero-order valence-corrected chi connectivity index (χ0v) is 27.5. The van der Waals surface area contributed by atoms with Crippen molar-refractivity contribution in [2.75, 3.05) is 4.90 Å².